The molecule has 2 aliphatic rings. The highest BCUT2D eigenvalue weighted by atomic mass is 16.4. The fourth-order valence-electron chi connectivity index (χ4n) is 4.26. The third-order valence-corrected chi connectivity index (χ3v) is 5.61. The maximum atomic E-state index is 12.5. The van der Waals surface area contributed by atoms with Crippen molar-refractivity contribution in [3.05, 3.63) is 34.3 Å². The Labute approximate surface area is 141 Å². The molecule has 0 spiro atoms. The quantitative estimate of drug-likeness (QED) is 0.850. The number of amides is 1. The summed E-state index contributed by atoms with van der Waals surface area (Å²) < 4.78 is 7.20. The predicted octanol–water partition coefficient (Wildman–Crippen LogP) is 3.26. The van der Waals surface area contributed by atoms with Crippen molar-refractivity contribution in [3.63, 3.8) is 0 Å². The van der Waals surface area contributed by atoms with Crippen molar-refractivity contribution in [2.45, 2.75) is 51.5 Å². The Balaban J connectivity index is 1.51. The van der Waals surface area contributed by atoms with Crippen molar-refractivity contribution < 1.29 is 9.21 Å². The summed E-state index contributed by atoms with van der Waals surface area (Å²) >= 11 is 0. The summed E-state index contributed by atoms with van der Waals surface area (Å²) in [5, 5.41) is 0. The number of likely N-dealkylation sites (tertiary alicyclic amines) is 1. The molecule has 128 valence electrons. The summed E-state index contributed by atoms with van der Waals surface area (Å²) in [4.78, 5) is 26.8. The lowest BCUT2D eigenvalue weighted by Gasteiger charge is -2.33. The minimum absolute atomic E-state index is 0.120. The number of hydrogen-bond donors (Lipinski definition) is 0. The van der Waals surface area contributed by atoms with Gasteiger partial charge >= 0.3 is 5.76 Å². The van der Waals surface area contributed by atoms with Gasteiger partial charge in [-0.1, -0.05) is 18.9 Å². The van der Waals surface area contributed by atoms with E-state index in [-0.39, 0.29) is 17.7 Å². The highest BCUT2D eigenvalue weighted by Crippen LogP contribution is 2.30. The van der Waals surface area contributed by atoms with Crippen LogP contribution in [0.25, 0.3) is 11.1 Å². The molecule has 1 aliphatic carbocycles. The molecule has 2 fully saturated rings. The van der Waals surface area contributed by atoms with Gasteiger partial charge in [0.05, 0.1) is 5.52 Å². The number of oxazole rings is 1. The first-order chi connectivity index (χ1) is 11.6. The van der Waals surface area contributed by atoms with Crippen LogP contribution in [-0.4, -0.2) is 28.5 Å². The molecule has 2 heterocycles. The molecule has 0 unspecified atom stereocenters. The summed E-state index contributed by atoms with van der Waals surface area (Å²) in [7, 11) is 0. The standard InChI is InChI=1S/C19H24N2O3/c1-13-6-7-16-17(12-13)24-19(23)21(16)15-8-10-20(11-9-15)18(22)14-4-2-3-5-14/h6-7,12,14-15H,2-5,8-11H2,1H3. The first kappa shape index (κ1) is 15.5. The lowest BCUT2D eigenvalue weighted by molar-refractivity contribution is -0.136. The van der Waals surface area contributed by atoms with Crippen LogP contribution in [0.4, 0.5) is 0 Å². The Bertz CT molecular complexity index is 806. The number of piperidine rings is 1. The summed E-state index contributed by atoms with van der Waals surface area (Å²) in [5.41, 5.74) is 2.61. The van der Waals surface area contributed by atoms with Gasteiger partial charge in [-0.05, 0) is 50.3 Å². The van der Waals surface area contributed by atoms with E-state index in [2.05, 4.69) is 0 Å². The minimum Gasteiger partial charge on any atom is -0.408 e. The molecule has 2 aromatic rings. The van der Waals surface area contributed by atoms with E-state index in [0.29, 0.717) is 11.5 Å². The smallest absolute Gasteiger partial charge is 0.408 e. The van der Waals surface area contributed by atoms with E-state index in [1.54, 1.807) is 4.57 Å². The summed E-state index contributed by atoms with van der Waals surface area (Å²) in [5.74, 6) is 0.282. The molecule has 0 atom stereocenters. The SMILES string of the molecule is Cc1ccc2c(c1)oc(=O)n2C1CCN(C(=O)C2CCCC2)CC1. The molecule has 1 aromatic carbocycles. The van der Waals surface area contributed by atoms with Gasteiger partial charge in [-0.15, -0.1) is 0 Å². The lowest BCUT2D eigenvalue weighted by atomic mass is 10.0. The van der Waals surface area contributed by atoms with Crippen LogP contribution in [0.1, 0.15) is 50.1 Å². The third kappa shape index (κ3) is 2.66. The van der Waals surface area contributed by atoms with Crippen molar-refractivity contribution in [2.24, 2.45) is 5.92 Å². The Hall–Kier alpha value is -2.04. The second kappa shape index (κ2) is 6.11. The van der Waals surface area contributed by atoms with Crippen LogP contribution in [0.5, 0.6) is 0 Å². The number of aryl methyl sites for hydroxylation is 1. The summed E-state index contributed by atoms with van der Waals surface area (Å²) in [6.07, 6.45) is 6.10. The maximum absolute atomic E-state index is 12.5. The number of hydrogen-bond acceptors (Lipinski definition) is 3. The third-order valence-electron chi connectivity index (χ3n) is 5.61. The summed E-state index contributed by atoms with van der Waals surface area (Å²) in [6, 6.07) is 6.00. The zero-order valence-corrected chi connectivity index (χ0v) is 14.2. The maximum Gasteiger partial charge on any atom is 0.420 e. The summed E-state index contributed by atoms with van der Waals surface area (Å²) in [6.45, 7) is 3.47. The second-order valence-corrected chi connectivity index (χ2v) is 7.25. The molecule has 1 amide bonds. The van der Waals surface area contributed by atoms with E-state index in [1.807, 2.05) is 30.0 Å². The van der Waals surface area contributed by atoms with Crippen LogP contribution >= 0.6 is 0 Å². The molecule has 0 N–H and O–H groups in total. The van der Waals surface area contributed by atoms with Gasteiger partial charge in [-0.25, -0.2) is 4.79 Å². The number of fused-ring (bicyclic) bond motifs is 1. The van der Waals surface area contributed by atoms with Crippen molar-refractivity contribution >= 4 is 17.0 Å². The average molecular weight is 328 g/mol. The van der Waals surface area contributed by atoms with E-state index >= 15 is 0 Å². The Morgan fingerprint density at radius 3 is 2.54 bits per heavy atom. The predicted molar refractivity (Wildman–Crippen MR) is 92.0 cm³/mol. The van der Waals surface area contributed by atoms with Gasteiger partial charge in [0, 0.05) is 25.0 Å². The molecule has 0 bridgehead atoms. The topological polar surface area (TPSA) is 55.5 Å². The van der Waals surface area contributed by atoms with Crippen LogP contribution < -0.4 is 5.76 Å². The van der Waals surface area contributed by atoms with Gasteiger partial charge in [-0.2, -0.15) is 0 Å². The Morgan fingerprint density at radius 1 is 1.12 bits per heavy atom. The second-order valence-electron chi connectivity index (χ2n) is 7.25. The zero-order valence-electron chi connectivity index (χ0n) is 14.2. The molecular formula is C19H24N2O3. The van der Waals surface area contributed by atoms with Gasteiger partial charge in [0.2, 0.25) is 5.91 Å². The number of aromatic nitrogens is 1. The minimum atomic E-state index is -0.281. The van der Waals surface area contributed by atoms with Gasteiger partial charge in [-0.3, -0.25) is 9.36 Å². The number of nitrogens with zero attached hydrogens (tertiary/aromatic N) is 2. The first-order valence-corrected chi connectivity index (χ1v) is 9.04. The molecule has 5 heteroatoms. The highest BCUT2D eigenvalue weighted by molar-refractivity contribution is 5.79. The van der Waals surface area contributed by atoms with Gasteiger partial charge in [0.25, 0.3) is 0 Å². The molecule has 0 radical (unpaired) electrons. The van der Waals surface area contributed by atoms with Crippen molar-refractivity contribution in [1.29, 1.82) is 0 Å². The van der Waals surface area contributed by atoms with Crippen LogP contribution in [0.3, 0.4) is 0 Å². The zero-order chi connectivity index (χ0) is 16.7. The largest absolute Gasteiger partial charge is 0.420 e. The van der Waals surface area contributed by atoms with Crippen molar-refractivity contribution in [2.75, 3.05) is 13.1 Å². The molecule has 1 aliphatic heterocycles. The van der Waals surface area contributed by atoms with Crippen molar-refractivity contribution in [1.82, 2.24) is 9.47 Å². The number of carbonyl (C=O) groups excluding carboxylic acids is 1. The van der Waals surface area contributed by atoms with E-state index in [4.69, 9.17) is 4.42 Å². The molecular weight excluding hydrogens is 304 g/mol. The lowest BCUT2D eigenvalue weighted by Crippen LogP contribution is -2.42. The molecule has 24 heavy (non-hydrogen) atoms. The molecule has 4 rings (SSSR count). The normalized spacial score (nSPS) is 20.1. The molecule has 1 saturated carbocycles. The van der Waals surface area contributed by atoms with Crippen LogP contribution in [-0.2, 0) is 4.79 Å². The van der Waals surface area contributed by atoms with Gasteiger partial charge in [0.15, 0.2) is 5.58 Å². The molecule has 1 saturated heterocycles. The van der Waals surface area contributed by atoms with Gasteiger partial charge in [0.1, 0.15) is 0 Å². The van der Waals surface area contributed by atoms with Crippen LogP contribution in [0, 0.1) is 12.8 Å². The Morgan fingerprint density at radius 2 is 1.83 bits per heavy atom. The number of rotatable bonds is 2. The fraction of sp³-hybridized carbons (Fsp3) is 0.579. The van der Waals surface area contributed by atoms with Gasteiger partial charge < -0.3 is 9.32 Å². The van der Waals surface area contributed by atoms with Crippen molar-refractivity contribution in [3.8, 4) is 0 Å². The number of carbonyl (C=O) groups is 1. The Kier molecular flexibility index (Phi) is 3.94. The molecule has 5 nitrogen and oxygen atoms in total. The van der Waals surface area contributed by atoms with E-state index in [1.165, 1.54) is 12.8 Å². The highest BCUT2D eigenvalue weighted by Gasteiger charge is 2.31. The van der Waals surface area contributed by atoms with E-state index < -0.39 is 0 Å². The average Bonchev–Trinajstić information content (AvgIpc) is 3.21. The monoisotopic (exact) mass is 328 g/mol. The fourth-order valence-corrected chi connectivity index (χ4v) is 4.26. The number of benzene rings is 1. The van der Waals surface area contributed by atoms with E-state index in [9.17, 15) is 9.59 Å². The van der Waals surface area contributed by atoms with Crippen LogP contribution in [0.15, 0.2) is 27.4 Å². The van der Waals surface area contributed by atoms with Crippen LogP contribution in [0.2, 0.25) is 0 Å². The molecule has 1 aromatic heterocycles. The first-order valence-electron chi connectivity index (χ1n) is 9.04. The van der Waals surface area contributed by atoms with E-state index in [0.717, 1.165) is 49.9 Å².